The van der Waals surface area contributed by atoms with Crippen LogP contribution in [0, 0.1) is 15.9 Å². The molecule has 0 aliphatic heterocycles. The quantitative estimate of drug-likeness (QED) is 0.486. The van der Waals surface area contributed by atoms with Crippen LogP contribution in [0.2, 0.25) is 5.02 Å². The van der Waals surface area contributed by atoms with Crippen molar-refractivity contribution in [2.24, 2.45) is 0 Å². The number of nitrogens with zero attached hydrogens (tertiary/aromatic N) is 1. The van der Waals surface area contributed by atoms with Crippen LogP contribution in [0.25, 0.3) is 0 Å². The van der Waals surface area contributed by atoms with E-state index in [2.05, 4.69) is 10.6 Å². The van der Waals surface area contributed by atoms with Gasteiger partial charge in [0.1, 0.15) is 17.3 Å². The molecule has 0 heterocycles. The maximum Gasteiger partial charge on any atom is 0.295 e. The molecule has 6 nitrogen and oxygen atoms in total. The van der Waals surface area contributed by atoms with E-state index in [1.807, 2.05) is 0 Å². The summed E-state index contributed by atoms with van der Waals surface area (Å²) >= 11 is 11.0. The van der Waals surface area contributed by atoms with Crippen molar-refractivity contribution in [3.05, 3.63) is 57.4 Å². The molecule has 0 aliphatic rings. The first-order chi connectivity index (χ1) is 10.9. The zero-order chi connectivity index (χ0) is 17.0. The van der Waals surface area contributed by atoms with E-state index >= 15 is 0 Å². The van der Waals surface area contributed by atoms with Gasteiger partial charge in [-0.3, -0.25) is 10.1 Å². The third-order valence-electron chi connectivity index (χ3n) is 2.81. The summed E-state index contributed by atoms with van der Waals surface area (Å²) in [4.78, 5) is 10.3. The normalized spacial score (nSPS) is 10.0. The van der Waals surface area contributed by atoms with Crippen LogP contribution in [0.5, 0.6) is 5.75 Å². The highest BCUT2D eigenvalue weighted by Crippen LogP contribution is 2.29. The number of rotatable bonds is 4. The molecule has 0 radical (unpaired) electrons. The number of thiocarbonyl (C=S) groups is 1. The smallest absolute Gasteiger partial charge is 0.295 e. The number of nitro groups is 1. The highest BCUT2D eigenvalue weighted by atomic mass is 35.5. The van der Waals surface area contributed by atoms with Crippen LogP contribution < -0.4 is 15.4 Å². The Morgan fingerprint density at radius 2 is 1.96 bits per heavy atom. The van der Waals surface area contributed by atoms with Crippen LogP contribution in [0.1, 0.15) is 0 Å². The molecule has 0 aliphatic carbocycles. The number of methoxy groups -OCH3 is 1. The number of benzene rings is 2. The highest BCUT2D eigenvalue weighted by Gasteiger charge is 2.16. The number of nitrogens with one attached hydrogen (secondary N) is 2. The lowest BCUT2D eigenvalue weighted by Gasteiger charge is -2.13. The molecule has 2 aromatic carbocycles. The summed E-state index contributed by atoms with van der Waals surface area (Å²) in [6.45, 7) is 0. The Bertz CT molecular complexity index is 773. The second-order valence-electron chi connectivity index (χ2n) is 4.34. The second kappa shape index (κ2) is 7.21. The average Bonchev–Trinajstić information content (AvgIpc) is 2.49. The largest absolute Gasteiger partial charge is 0.495 e. The van der Waals surface area contributed by atoms with Crippen molar-refractivity contribution in [1.29, 1.82) is 0 Å². The van der Waals surface area contributed by atoms with Gasteiger partial charge in [-0.2, -0.15) is 0 Å². The van der Waals surface area contributed by atoms with Crippen LogP contribution in [0.15, 0.2) is 36.4 Å². The van der Waals surface area contributed by atoms with Gasteiger partial charge in [0.05, 0.1) is 23.8 Å². The molecule has 9 heteroatoms. The fourth-order valence-electron chi connectivity index (χ4n) is 1.82. The molecule has 0 saturated carbocycles. The van der Waals surface area contributed by atoms with Gasteiger partial charge in [-0.05, 0) is 42.5 Å². The first kappa shape index (κ1) is 16.9. The Kier molecular flexibility index (Phi) is 5.30. The van der Waals surface area contributed by atoms with Crippen molar-refractivity contribution in [2.75, 3.05) is 17.7 Å². The zero-order valence-corrected chi connectivity index (χ0v) is 13.4. The van der Waals surface area contributed by atoms with E-state index in [0.717, 1.165) is 12.1 Å². The number of anilines is 2. The highest BCUT2D eigenvalue weighted by molar-refractivity contribution is 7.80. The third-order valence-corrected chi connectivity index (χ3v) is 3.25. The van der Waals surface area contributed by atoms with Crippen LogP contribution >= 0.6 is 23.8 Å². The lowest BCUT2D eigenvalue weighted by Crippen LogP contribution is -2.20. The number of nitro benzene ring substituents is 1. The van der Waals surface area contributed by atoms with E-state index in [1.54, 1.807) is 18.2 Å². The fourth-order valence-corrected chi connectivity index (χ4v) is 2.21. The van der Waals surface area contributed by atoms with E-state index in [0.29, 0.717) is 16.5 Å². The summed E-state index contributed by atoms with van der Waals surface area (Å²) in [5.41, 5.74) is 0.129. The Labute approximate surface area is 141 Å². The molecule has 0 aromatic heterocycles. The number of hydrogen-bond acceptors (Lipinski definition) is 4. The van der Waals surface area contributed by atoms with Crippen molar-refractivity contribution in [3.8, 4) is 5.75 Å². The van der Waals surface area contributed by atoms with E-state index in [9.17, 15) is 14.5 Å². The summed E-state index contributed by atoms with van der Waals surface area (Å²) in [7, 11) is 1.48. The van der Waals surface area contributed by atoms with Crippen LogP contribution in [-0.2, 0) is 0 Å². The van der Waals surface area contributed by atoms with Crippen molar-refractivity contribution in [3.63, 3.8) is 0 Å². The maximum atomic E-state index is 13.1. The molecule has 0 amide bonds. The maximum absolute atomic E-state index is 13.1. The van der Waals surface area contributed by atoms with Crippen molar-refractivity contribution < 1.29 is 14.1 Å². The molecule has 23 heavy (non-hydrogen) atoms. The summed E-state index contributed by atoms with van der Waals surface area (Å²) < 4.78 is 18.3. The Morgan fingerprint density at radius 3 is 2.61 bits per heavy atom. The molecule has 0 spiro atoms. The Hall–Kier alpha value is -2.45. The van der Waals surface area contributed by atoms with Crippen LogP contribution in [0.4, 0.5) is 21.5 Å². The van der Waals surface area contributed by atoms with Gasteiger partial charge in [0, 0.05) is 5.02 Å². The van der Waals surface area contributed by atoms with Gasteiger partial charge in [-0.15, -0.1) is 0 Å². The van der Waals surface area contributed by atoms with Gasteiger partial charge >= 0.3 is 0 Å². The molecule has 0 bridgehead atoms. The zero-order valence-electron chi connectivity index (χ0n) is 11.8. The van der Waals surface area contributed by atoms with E-state index in [-0.39, 0.29) is 10.8 Å². The third kappa shape index (κ3) is 4.27. The lowest BCUT2D eigenvalue weighted by atomic mass is 10.2. The van der Waals surface area contributed by atoms with E-state index in [4.69, 9.17) is 28.6 Å². The molecule has 0 fully saturated rings. The molecule has 120 valence electrons. The molecule has 0 atom stereocenters. The first-order valence-corrected chi connectivity index (χ1v) is 7.05. The van der Waals surface area contributed by atoms with Crippen molar-refractivity contribution in [1.82, 2.24) is 0 Å². The molecule has 2 N–H and O–H groups in total. The topological polar surface area (TPSA) is 76.4 Å². The monoisotopic (exact) mass is 355 g/mol. The van der Waals surface area contributed by atoms with E-state index < -0.39 is 16.4 Å². The average molecular weight is 356 g/mol. The second-order valence-corrected chi connectivity index (χ2v) is 5.19. The fraction of sp³-hybridized carbons (Fsp3) is 0.0714. The van der Waals surface area contributed by atoms with E-state index in [1.165, 1.54) is 13.2 Å². The summed E-state index contributed by atoms with van der Waals surface area (Å²) in [5, 5.41) is 17.0. The minimum absolute atomic E-state index is 0.0647. The lowest BCUT2D eigenvalue weighted by molar-refractivity contribution is -0.384. The number of halogens is 2. The van der Waals surface area contributed by atoms with Crippen molar-refractivity contribution >= 4 is 46.0 Å². The first-order valence-electron chi connectivity index (χ1n) is 6.26. The predicted octanol–water partition coefficient (Wildman–Crippen LogP) is 4.20. The van der Waals surface area contributed by atoms with Gasteiger partial charge in [0.25, 0.3) is 5.69 Å². The molecule has 0 saturated heterocycles. The van der Waals surface area contributed by atoms with Gasteiger partial charge in [-0.1, -0.05) is 11.6 Å². The van der Waals surface area contributed by atoms with Gasteiger partial charge in [-0.25, -0.2) is 4.39 Å². The Balaban J connectivity index is 2.21. The molecular formula is C14H11ClFN3O3S. The molecule has 2 aromatic rings. The summed E-state index contributed by atoms with van der Waals surface area (Å²) in [6.07, 6.45) is 0. The van der Waals surface area contributed by atoms with Gasteiger partial charge < -0.3 is 15.4 Å². The minimum Gasteiger partial charge on any atom is -0.495 e. The van der Waals surface area contributed by atoms with Crippen LogP contribution in [-0.4, -0.2) is 17.1 Å². The number of hydrogen-bond donors (Lipinski definition) is 2. The standard InChI is InChI=1S/C14H11ClFN3O3S/c1-22-13-5-2-8(15)6-11(13)18-14(23)17-10-4-3-9(16)7-12(10)19(20)21/h2-7H,1H3,(H2,17,18,23). The van der Waals surface area contributed by atoms with Gasteiger partial charge in [0.15, 0.2) is 5.11 Å². The Morgan fingerprint density at radius 1 is 1.26 bits per heavy atom. The van der Waals surface area contributed by atoms with Crippen molar-refractivity contribution in [2.45, 2.75) is 0 Å². The molecular weight excluding hydrogens is 345 g/mol. The SMILES string of the molecule is COc1ccc(Cl)cc1NC(=S)Nc1ccc(F)cc1[N+](=O)[O-]. The predicted molar refractivity (Wildman–Crippen MR) is 90.9 cm³/mol. The summed E-state index contributed by atoms with van der Waals surface area (Å²) in [5.74, 6) is -0.218. The number of ether oxygens (including phenoxy) is 1. The summed E-state index contributed by atoms with van der Waals surface area (Å²) in [6, 6.07) is 8.02. The molecule has 2 rings (SSSR count). The minimum atomic E-state index is -0.711. The molecule has 0 unspecified atom stereocenters. The van der Waals surface area contributed by atoms with Gasteiger partial charge in [0.2, 0.25) is 0 Å². The van der Waals surface area contributed by atoms with Crippen LogP contribution in [0.3, 0.4) is 0 Å².